The van der Waals surface area contributed by atoms with E-state index < -0.39 is 0 Å². The van der Waals surface area contributed by atoms with Crippen LogP contribution in [-0.4, -0.2) is 0 Å². The van der Waals surface area contributed by atoms with Gasteiger partial charge in [-0.15, -0.1) is 0 Å². The Hall–Kier alpha value is -0.780. The Morgan fingerprint density at radius 2 is 2.00 bits per heavy atom. The van der Waals surface area contributed by atoms with Crippen LogP contribution in [0.25, 0.3) is 0 Å². The van der Waals surface area contributed by atoms with Crippen LogP contribution in [0.2, 0.25) is 0 Å². The third-order valence-corrected chi connectivity index (χ3v) is 1.45. The van der Waals surface area contributed by atoms with Crippen molar-refractivity contribution >= 4 is 0 Å². The van der Waals surface area contributed by atoms with Gasteiger partial charge in [-0.25, -0.2) is 0 Å². The molecule has 10 heavy (non-hydrogen) atoms. The van der Waals surface area contributed by atoms with E-state index >= 15 is 0 Å². The summed E-state index contributed by atoms with van der Waals surface area (Å²) in [5.41, 5.74) is 2.27. The first-order valence-electron chi connectivity index (χ1n) is 3.63. The number of rotatable bonds is 4. The second kappa shape index (κ2) is 5.04. The summed E-state index contributed by atoms with van der Waals surface area (Å²) in [7, 11) is 0. The number of allylic oxidation sites excluding steroid dienone is 4. The van der Waals surface area contributed by atoms with Crippen molar-refractivity contribution < 1.29 is 0 Å². The normalized spacial score (nSPS) is 10.2. The van der Waals surface area contributed by atoms with Crippen LogP contribution < -0.4 is 0 Å². The highest BCUT2D eigenvalue weighted by atomic mass is 14.0. The summed E-state index contributed by atoms with van der Waals surface area (Å²) >= 11 is 0. The van der Waals surface area contributed by atoms with Gasteiger partial charge in [0.25, 0.3) is 0 Å². The number of hydrogen-bond donors (Lipinski definition) is 0. The smallest absolute Gasteiger partial charge is 0.0248 e. The Bertz CT molecular complexity index is 149. The van der Waals surface area contributed by atoms with Crippen LogP contribution in [0.1, 0.15) is 26.7 Å². The molecule has 0 atom stereocenters. The summed E-state index contributed by atoms with van der Waals surface area (Å²) < 4.78 is 0. The molecule has 0 aromatic heterocycles. The van der Waals surface area contributed by atoms with Crippen molar-refractivity contribution in [2.24, 2.45) is 0 Å². The molecule has 0 bridgehead atoms. The zero-order valence-electron chi connectivity index (χ0n) is 6.98. The fraction of sp³-hybridized carbons (Fsp3) is 0.400. The molecule has 0 aromatic rings. The molecule has 0 heteroatoms. The molecule has 0 rings (SSSR count). The maximum Gasteiger partial charge on any atom is -0.0248 e. The minimum atomic E-state index is 1.04. The van der Waals surface area contributed by atoms with Crippen molar-refractivity contribution in [2.45, 2.75) is 26.7 Å². The van der Waals surface area contributed by atoms with E-state index in [9.17, 15) is 0 Å². The molecule has 0 saturated heterocycles. The Kier molecular flexibility index (Phi) is 4.65. The fourth-order valence-corrected chi connectivity index (χ4v) is 0.638. The van der Waals surface area contributed by atoms with Gasteiger partial charge in [0.05, 0.1) is 0 Å². The Balaban J connectivity index is 3.50. The molecule has 0 nitrogen and oxygen atoms in total. The van der Waals surface area contributed by atoms with Crippen LogP contribution in [0, 0.1) is 0 Å². The lowest BCUT2D eigenvalue weighted by Crippen LogP contribution is -1.80. The second-order valence-corrected chi connectivity index (χ2v) is 2.49. The van der Waals surface area contributed by atoms with E-state index in [-0.39, 0.29) is 0 Å². The molecule has 0 N–H and O–H groups in total. The van der Waals surface area contributed by atoms with E-state index in [1.165, 1.54) is 0 Å². The van der Waals surface area contributed by atoms with Gasteiger partial charge >= 0.3 is 0 Å². The fourth-order valence-electron chi connectivity index (χ4n) is 0.638. The van der Waals surface area contributed by atoms with E-state index in [1.807, 2.05) is 13.8 Å². The first-order valence-corrected chi connectivity index (χ1v) is 3.63. The van der Waals surface area contributed by atoms with Gasteiger partial charge in [0.2, 0.25) is 0 Å². The van der Waals surface area contributed by atoms with Crippen molar-refractivity contribution in [3.63, 3.8) is 0 Å². The van der Waals surface area contributed by atoms with E-state index in [0.29, 0.717) is 0 Å². The molecule has 0 aliphatic rings. The van der Waals surface area contributed by atoms with E-state index in [4.69, 9.17) is 0 Å². The van der Waals surface area contributed by atoms with Crippen molar-refractivity contribution in [3.8, 4) is 0 Å². The Morgan fingerprint density at radius 3 is 2.40 bits per heavy atom. The minimum Gasteiger partial charge on any atom is -0.0959 e. The molecule has 0 fully saturated rings. The maximum absolute atomic E-state index is 3.89. The number of hydrogen-bond acceptors (Lipinski definition) is 0. The minimum absolute atomic E-state index is 1.04. The van der Waals surface area contributed by atoms with Crippen LogP contribution >= 0.6 is 0 Å². The van der Waals surface area contributed by atoms with Crippen molar-refractivity contribution in [1.29, 1.82) is 0 Å². The molecule has 0 radical (unpaired) electrons. The summed E-state index contributed by atoms with van der Waals surface area (Å²) in [6, 6.07) is 0. The van der Waals surface area contributed by atoms with Crippen LogP contribution in [0.5, 0.6) is 0 Å². The summed E-state index contributed by atoms with van der Waals surface area (Å²) in [6.07, 6.45) is 6.34. The Labute approximate surface area is 64.0 Å². The molecular weight excluding hydrogens is 120 g/mol. The molecular formula is C10H16. The van der Waals surface area contributed by atoms with E-state index in [1.54, 1.807) is 0 Å². The van der Waals surface area contributed by atoms with Gasteiger partial charge in [-0.2, -0.15) is 0 Å². The highest BCUT2D eigenvalue weighted by Crippen LogP contribution is 2.10. The second-order valence-electron chi connectivity index (χ2n) is 2.49. The molecule has 0 aromatic carbocycles. The lowest BCUT2D eigenvalue weighted by atomic mass is 10.1. The summed E-state index contributed by atoms with van der Waals surface area (Å²) in [5, 5.41) is 0. The quantitative estimate of drug-likeness (QED) is 0.410. The van der Waals surface area contributed by atoms with Gasteiger partial charge in [0, 0.05) is 0 Å². The van der Waals surface area contributed by atoms with E-state index in [0.717, 1.165) is 24.0 Å². The van der Waals surface area contributed by atoms with Crippen molar-refractivity contribution in [1.82, 2.24) is 0 Å². The molecule has 0 spiro atoms. The van der Waals surface area contributed by atoms with Gasteiger partial charge in [-0.1, -0.05) is 36.5 Å². The van der Waals surface area contributed by atoms with Crippen LogP contribution in [-0.2, 0) is 0 Å². The summed E-state index contributed by atoms with van der Waals surface area (Å²) in [5.74, 6) is 0. The monoisotopic (exact) mass is 136 g/mol. The molecule has 0 amide bonds. The lowest BCUT2D eigenvalue weighted by Gasteiger charge is -2.00. The van der Waals surface area contributed by atoms with Gasteiger partial charge in [-0.05, 0) is 26.7 Å². The van der Waals surface area contributed by atoms with E-state index in [2.05, 4.69) is 25.3 Å². The first-order chi connectivity index (χ1) is 4.68. The van der Waals surface area contributed by atoms with Crippen LogP contribution in [0.4, 0.5) is 0 Å². The van der Waals surface area contributed by atoms with Gasteiger partial charge in [0.1, 0.15) is 0 Å². The SMILES string of the molecule is C=C(C)C(=C)CCC=CC. The third-order valence-electron chi connectivity index (χ3n) is 1.45. The first kappa shape index (κ1) is 9.22. The topological polar surface area (TPSA) is 0 Å². The molecule has 0 unspecified atom stereocenters. The van der Waals surface area contributed by atoms with Crippen LogP contribution in [0.15, 0.2) is 36.5 Å². The van der Waals surface area contributed by atoms with Gasteiger partial charge in [0.15, 0.2) is 0 Å². The van der Waals surface area contributed by atoms with Crippen molar-refractivity contribution in [2.75, 3.05) is 0 Å². The molecule has 0 saturated carbocycles. The average Bonchev–Trinajstić information content (AvgIpc) is 1.88. The summed E-state index contributed by atoms with van der Waals surface area (Å²) in [6.45, 7) is 11.7. The van der Waals surface area contributed by atoms with Crippen LogP contribution in [0.3, 0.4) is 0 Å². The maximum atomic E-state index is 3.89. The lowest BCUT2D eigenvalue weighted by molar-refractivity contribution is 0.990. The molecule has 0 heterocycles. The molecule has 0 aliphatic heterocycles. The zero-order valence-corrected chi connectivity index (χ0v) is 6.98. The largest absolute Gasteiger partial charge is 0.0959 e. The highest BCUT2D eigenvalue weighted by molar-refractivity contribution is 5.22. The standard InChI is InChI=1S/C10H16/c1-5-6-7-8-10(4)9(2)3/h5-6H,2,4,7-8H2,1,3H3. The average molecular weight is 136 g/mol. The highest BCUT2D eigenvalue weighted by Gasteiger charge is 1.90. The summed E-state index contributed by atoms with van der Waals surface area (Å²) in [4.78, 5) is 0. The van der Waals surface area contributed by atoms with Gasteiger partial charge in [-0.3, -0.25) is 0 Å². The third kappa shape index (κ3) is 4.13. The Morgan fingerprint density at radius 1 is 1.40 bits per heavy atom. The molecule has 56 valence electrons. The predicted octanol–water partition coefficient (Wildman–Crippen LogP) is 3.48. The predicted molar refractivity (Wildman–Crippen MR) is 48.0 cm³/mol. The van der Waals surface area contributed by atoms with Gasteiger partial charge < -0.3 is 0 Å². The van der Waals surface area contributed by atoms with Crippen molar-refractivity contribution in [3.05, 3.63) is 36.5 Å². The molecule has 0 aliphatic carbocycles. The zero-order chi connectivity index (χ0) is 7.98.